The van der Waals surface area contributed by atoms with Crippen LogP contribution in [-0.4, -0.2) is 31.1 Å². The van der Waals surface area contributed by atoms with Crippen molar-refractivity contribution >= 4 is 17.3 Å². The maximum Gasteiger partial charge on any atom is 0.269 e. The standard InChI is InChI=1S/C19H22ClN3O2/c1-15(17-3-2-4-19(13-17)23(24)25)22-11-9-21(10-12-22)14-16-5-7-18(20)8-6-16/h2-8,13,15H,9-12,14H2,1H3/p+2/t15-/m0/s1. The van der Waals surface area contributed by atoms with Crippen LogP contribution in [0.2, 0.25) is 5.02 Å². The van der Waals surface area contributed by atoms with E-state index in [0.717, 1.165) is 43.3 Å². The summed E-state index contributed by atoms with van der Waals surface area (Å²) in [5, 5.41) is 11.8. The Hall–Kier alpha value is -1.95. The molecule has 6 heteroatoms. The summed E-state index contributed by atoms with van der Waals surface area (Å²) in [7, 11) is 0. The van der Waals surface area contributed by atoms with Crippen molar-refractivity contribution in [1.82, 2.24) is 0 Å². The van der Waals surface area contributed by atoms with Gasteiger partial charge in [-0.2, -0.15) is 0 Å². The van der Waals surface area contributed by atoms with E-state index in [2.05, 4.69) is 19.1 Å². The van der Waals surface area contributed by atoms with Crippen LogP contribution in [0.3, 0.4) is 0 Å². The van der Waals surface area contributed by atoms with Gasteiger partial charge in [0.05, 0.1) is 4.92 Å². The number of nitro benzene ring substituents is 1. The van der Waals surface area contributed by atoms with Crippen LogP contribution in [-0.2, 0) is 6.54 Å². The molecule has 0 amide bonds. The Bertz CT molecular complexity index is 728. The van der Waals surface area contributed by atoms with Crippen LogP contribution < -0.4 is 9.80 Å². The van der Waals surface area contributed by atoms with Gasteiger partial charge in [-0.3, -0.25) is 10.1 Å². The van der Waals surface area contributed by atoms with E-state index in [1.54, 1.807) is 23.1 Å². The van der Waals surface area contributed by atoms with Crippen LogP contribution in [0, 0.1) is 10.1 Å². The molecule has 1 fully saturated rings. The first-order chi connectivity index (χ1) is 12.0. The van der Waals surface area contributed by atoms with E-state index >= 15 is 0 Å². The number of benzene rings is 2. The number of halogens is 1. The van der Waals surface area contributed by atoms with Gasteiger partial charge in [0.2, 0.25) is 0 Å². The average molecular weight is 362 g/mol. The molecule has 25 heavy (non-hydrogen) atoms. The van der Waals surface area contributed by atoms with Crippen molar-refractivity contribution in [3.05, 3.63) is 74.8 Å². The number of nitro groups is 1. The highest BCUT2D eigenvalue weighted by Crippen LogP contribution is 2.17. The minimum Gasteiger partial charge on any atom is -0.322 e. The zero-order chi connectivity index (χ0) is 17.8. The molecule has 0 aromatic heterocycles. The van der Waals surface area contributed by atoms with Gasteiger partial charge in [0.25, 0.3) is 5.69 Å². The van der Waals surface area contributed by atoms with Gasteiger partial charge in [-0.05, 0) is 19.1 Å². The summed E-state index contributed by atoms with van der Waals surface area (Å²) in [6.45, 7) is 7.56. The molecule has 1 aliphatic rings. The molecule has 5 nitrogen and oxygen atoms in total. The van der Waals surface area contributed by atoms with E-state index in [1.807, 2.05) is 18.2 Å². The molecule has 0 aliphatic carbocycles. The van der Waals surface area contributed by atoms with E-state index in [9.17, 15) is 10.1 Å². The summed E-state index contributed by atoms with van der Waals surface area (Å²) in [6, 6.07) is 15.4. The highest BCUT2D eigenvalue weighted by Gasteiger charge is 2.28. The topological polar surface area (TPSA) is 52.0 Å². The van der Waals surface area contributed by atoms with Gasteiger partial charge in [0.15, 0.2) is 0 Å². The van der Waals surface area contributed by atoms with Crippen molar-refractivity contribution < 1.29 is 14.7 Å². The number of nitrogens with one attached hydrogen (secondary N) is 2. The molecule has 0 unspecified atom stereocenters. The molecule has 0 spiro atoms. The molecule has 2 N–H and O–H groups in total. The fourth-order valence-corrected chi connectivity index (χ4v) is 3.69. The molecule has 1 saturated heterocycles. The molecule has 1 atom stereocenters. The highest BCUT2D eigenvalue weighted by atomic mass is 35.5. The summed E-state index contributed by atoms with van der Waals surface area (Å²) < 4.78 is 0. The van der Waals surface area contributed by atoms with Crippen LogP contribution in [0.1, 0.15) is 24.1 Å². The first-order valence-corrected chi connectivity index (χ1v) is 9.07. The van der Waals surface area contributed by atoms with Crippen molar-refractivity contribution in [1.29, 1.82) is 0 Å². The third kappa shape index (κ3) is 4.57. The molecular weight excluding hydrogens is 338 g/mol. The Morgan fingerprint density at radius 2 is 1.80 bits per heavy atom. The fraction of sp³-hybridized carbons (Fsp3) is 0.368. The number of rotatable bonds is 5. The minimum absolute atomic E-state index is 0.177. The van der Waals surface area contributed by atoms with Crippen LogP contribution >= 0.6 is 11.6 Å². The summed E-state index contributed by atoms with van der Waals surface area (Å²) in [5.74, 6) is 0. The lowest BCUT2D eigenvalue weighted by Gasteiger charge is -2.33. The molecule has 132 valence electrons. The summed E-state index contributed by atoms with van der Waals surface area (Å²) in [4.78, 5) is 13.7. The molecule has 0 radical (unpaired) electrons. The summed E-state index contributed by atoms with van der Waals surface area (Å²) >= 11 is 5.94. The monoisotopic (exact) mass is 361 g/mol. The summed E-state index contributed by atoms with van der Waals surface area (Å²) in [5.41, 5.74) is 2.54. The number of quaternary nitrogens is 2. The molecule has 3 rings (SSSR count). The summed E-state index contributed by atoms with van der Waals surface area (Å²) in [6.07, 6.45) is 0. The number of hydrogen-bond acceptors (Lipinski definition) is 2. The maximum absolute atomic E-state index is 11.0. The average Bonchev–Trinajstić information content (AvgIpc) is 2.64. The van der Waals surface area contributed by atoms with Crippen LogP contribution in [0.5, 0.6) is 0 Å². The van der Waals surface area contributed by atoms with Gasteiger partial charge in [0, 0.05) is 28.3 Å². The Labute approximate surface area is 153 Å². The van der Waals surface area contributed by atoms with Crippen LogP contribution in [0.4, 0.5) is 5.69 Å². The first-order valence-electron chi connectivity index (χ1n) is 8.70. The molecule has 2 aromatic rings. The van der Waals surface area contributed by atoms with Crippen molar-refractivity contribution in [2.45, 2.75) is 19.5 Å². The van der Waals surface area contributed by atoms with Crippen molar-refractivity contribution in [3.63, 3.8) is 0 Å². The Balaban J connectivity index is 1.57. The van der Waals surface area contributed by atoms with Gasteiger partial charge < -0.3 is 9.80 Å². The zero-order valence-corrected chi connectivity index (χ0v) is 15.1. The molecule has 2 aromatic carbocycles. The molecule has 0 bridgehead atoms. The first kappa shape index (κ1) is 17.9. The van der Waals surface area contributed by atoms with Gasteiger partial charge in [-0.25, -0.2) is 0 Å². The quantitative estimate of drug-likeness (QED) is 0.623. The largest absolute Gasteiger partial charge is 0.322 e. The number of nitrogens with zero attached hydrogens (tertiary/aromatic N) is 1. The van der Waals surface area contributed by atoms with Gasteiger partial charge in [-0.1, -0.05) is 35.9 Å². The maximum atomic E-state index is 11.0. The van der Waals surface area contributed by atoms with Crippen molar-refractivity contribution in [3.8, 4) is 0 Å². The van der Waals surface area contributed by atoms with E-state index in [4.69, 9.17) is 11.6 Å². The Kier molecular flexibility index (Phi) is 5.68. The van der Waals surface area contributed by atoms with Crippen molar-refractivity contribution in [2.75, 3.05) is 26.2 Å². The molecule has 1 aliphatic heterocycles. The lowest BCUT2D eigenvalue weighted by molar-refractivity contribution is -1.03. The lowest BCUT2D eigenvalue weighted by Crippen LogP contribution is -3.27. The van der Waals surface area contributed by atoms with E-state index < -0.39 is 0 Å². The highest BCUT2D eigenvalue weighted by molar-refractivity contribution is 6.30. The van der Waals surface area contributed by atoms with E-state index in [0.29, 0.717) is 0 Å². The second-order valence-electron chi connectivity index (χ2n) is 6.79. The van der Waals surface area contributed by atoms with Gasteiger partial charge >= 0.3 is 0 Å². The Morgan fingerprint density at radius 1 is 1.12 bits per heavy atom. The number of piperazine rings is 1. The normalized spacial score (nSPS) is 21.7. The molecule has 1 heterocycles. The molecular formula is C19H24ClN3O2+2. The van der Waals surface area contributed by atoms with Crippen LogP contribution in [0.15, 0.2) is 48.5 Å². The number of non-ortho nitro benzene ring substituents is 1. The smallest absolute Gasteiger partial charge is 0.269 e. The molecule has 0 saturated carbocycles. The second-order valence-corrected chi connectivity index (χ2v) is 7.22. The van der Waals surface area contributed by atoms with E-state index in [1.165, 1.54) is 10.5 Å². The van der Waals surface area contributed by atoms with Crippen molar-refractivity contribution in [2.24, 2.45) is 0 Å². The van der Waals surface area contributed by atoms with E-state index in [-0.39, 0.29) is 16.7 Å². The van der Waals surface area contributed by atoms with Crippen LogP contribution in [0.25, 0.3) is 0 Å². The number of hydrogen-bond donors (Lipinski definition) is 2. The van der Waals surface area contributed by atoms with Gasteiger partial charge in [0.1, 0.15) is 38.8 Å². The SMILES string of the molecule is C[C@@H](c1cccc([N+](=O)[O-])c1)[NH+]1CC[NH+](Cc2ccc(Cl)cc2)CC1. The lowest BCUT2D eigenvalue weighted by atomic mass is 10.1. The zero-order valence-electron chi connectivity index (χ0n) is 14.4. The minimum atomic E-state index is -0.320. The Morgan fingerprint density at radius 3 is 2.44 bits per heavy atom. The third-order valence-electron chi connectivity index (χ3n) is 5.16. The third-order valence-corrected chi connectivity index (χ3v) is 5.41. The predicted molar refractivity (Wildman–Crippen MR) is 98.1 cm³/mol. The van der Waals surface area contributed by atoms with Gasteiger partial charge in [-0.15, -0.1) is 0 Å². The second kappa shape index (κ2) is 7.95. The fourth-order valence-electron chi connectivity index (χ4n) is 3.57. The predicted octanol–water partition coefficient (Wildman–Crippen LogP) is 1.29.